The number of fused-ring (bicyclic) bond motifs is 1. The largest absolute Gasteiger partial charge is 0.508 e. The minimum Gasteiger partial charge on any atom is -0.508 e. The lowest BCUT2D eigenvalue weighted by molar-refractivity contribution is 0.0760. The van der Waals surface area contributed by atoms with Crippen LogP contribution in [0.25, 0.3) is 10.8 Å². The summed E-state index contributed by atoms with van der Waals surface area (Å²) in [7, 11) is 0. The van der Waals surface area contributed by atoms with Crippen molar-refractivity contribution in [3.8, 4) is 5.75 Å². The quantitative estimate of drug-likeness (QED) is 0.797. The van der Waals surface area contributed by atoms with Crippen molar-refractivity contribution in [3.63, 3.8) is 0 Å². The minimum atomic E-state index is -1.07. The van der Waals surface area contributed by atoms with Gasteiger partial charge in [-0.15, -0.1) is 0 Å². The van der Waals surface area contributed by atoms with Crippen LogP contribution in [0.3, 0.4) is 0 Å². The summed E-state index contributed by atoms with van der Waals surface area (Å²) in [6.07, 6.45) is 0. The Labute approximate surface area is 99.1 Å². The van der Waals surface area contributed by atoms with Gasteiger partial charge in [-0.05, 0) is 48.9 Å². The van der Waals surface area contributed by atoms with Gasteiger partial charge in [0.1, 0.15) is 5.75 Å². The predicted octanol–water partition coefficient (Wildman–Crippen LogP) is 3.43. The molecule has 0 amide bonds. The van der Waals surface area contributed by atoms with E-state index in [0.717, 1.165) is 10.8 Å². The molecule has 0 bridgehead atoms. The van der Waals surface area contributed by atoms with Crippen LogP contribution in [0.5, 0.6) is 5.75 Å². The summed E-state index contributed by atoms with van der Waals surface area (Å²) in [6.45, 7) is 3.27. The van der Waals surface area contributed by atoms with Crippen LogP contribution in [0.2, 0.25) is 5.02 Å². The molecule has 0 saturated heterocycles. The molecule has 0 aliphatic rings. The van der Waals surface area contributed by atoms with Crippen molar-refractivity contribution in [1.29, 1.82) is 0 Å². The maximum atomic E-state index is 9.91. The summed E-state index contributed by atoms with van der Waals surface area (Å²) in [5.74, 6) is 0.0994. The lowest BCUT2D eigenvalue weighted by Crippen LogP contribution is -2.15. The molecule has 0 fully saturated rings. The van der Waals surface area contributed by atoms with E-state index in [1.54, 1.807) is 32.0 Å². The summed E-state index contributed by atoms with van der Waals surface area (Å²) in [4.78, 5) is 0. The number of rotatable bonds is 1. The zero-order valence-electron chi connectivity index (χ0n) is 9.16. The maximum Gasteiger partial charge on any atom is 0.122 e. The monoisotopic (exact) mass is 236 g/mol. The van der Waals surface area contributed by atoms with Gasteiger partial charge in [-0.2, -0.15) is 0 Å². The topological polar surface area (TPSA) is 40.5 Å². The molecule has 2 rings (SSSR count). The third-order valence-corrected chi connectivity index (χ3v) is 2.81. The average molecular weight is 237 g/mol. The highest BCUT2D eigenvalue weighted by Gasteiger charge is 2.20. The molecular weight excluding hydrogens is 224 g/mol. The van der Waals surface area contributed by atoms with Gasteiger partial charge in [0.2, 0.25) is 0 Å². The Bertz CT molecular complexity index is 541. The molecule has 0 spiro atoms. The van der Waals surface area contributed by atoms with Gasteiger partial charge in [0.05, 0.1) is 5.60 Å². The third kappa shape index (κ3) is 1.99. The highest BCUT2D eigenvalue weighted by atomic mass is 35.5. The Balaban J connectivity index is 2.74. The third-order valence-electron chi connectivity index (χ3n) is 2.58. The fourth-order valence-electron chi connectivity index (χ4n) is 1.75. The van der Waals surface area contributed by atoms with Gasteiger partial charge >= 0.3 is 0 Å². The second-order valence-electron chi connectivity index (χ2n) is 4.42. The average Bonchev–Trinajstić information content (AvgIpc) is 2.16. The number of benzene rings is 2. The van der Waals surface area contributed by atoms with Crippen LogP contribution in [-0.4, -0.2) is 10.2 Å². The van der Waals surface area contributed by atoms with E-state index in [-0.39, 0.29) is 5.75 Å². The van der Waals surface area contributed by atoms with Gasteiger partial charge in [-0.3, -0.25) is 0 Å². The summed E-state index contributed by atoms with van der Waals surface area (Å²) >= 11 is 5.90. The van der Waals surface area contributed by atoms with Crippen molar-refractivity contribution >= 4 is 22.4 Å². The molecule has 0 heterocycles. The van der Waals surface area contributed by atoms with Crippen LogP contribution in [0.1, 0.15) is 19.4 Å². The molecule has 2 aromatic carbocycles. The van der Waals surface area contributed by atoms with Gasteiger partial charge in [0, 0.05) is 10.6 Å². The lowest BCUT2D eigenvalue weighted by atomic mass is 9.94. The number of hydrogen-bond donors (Lipinski definition) is 2. The fraction of sp³-hybridized carbons (Fsp3) is 0.231. The molecule has 2 N–H and O–H groups in total. The number of phenolic OH excluding ortho intramolecular Hbond substituents is 1. The maximum absolute atomic E-state index is 9.91. The van der Waals surface area contributed by atoms with Crippen molar-refractivity contribution in [2.75, 3.05) is 0 Å². The van der Waals surface area contributed by atoms with Gasteiger partial charge in [0.15, 0.2) is 0 Å². The van der Waals surface area contributed by atoms with Crippen molar-refractivity contribution in [1.82, 2.24) is 0 Å². The molecule has 0 aliphatic carbocycles. The molecule has 0 radical (unpaired) electrons. The molecule has 0 atom stereocenters. The Morgan fingerprint density at radius 3 is 2.38 bits per heavy atom. The van der Waals surface area contributed by atoms with Gasteiger partial charge in [-0.25, -0.2) is 0 Å². The smallest absolute Gasteiger partial charge is 0.122 e. The molecule has 3 heteroatoms. The summed E-state index contributed by atoms with van der Waals surface area (Å²) in [5, 5.41) is 22.2. The number of halogens is 1. The molecule has 0 unspecified atom stereocenters. The van der Waals surface area contributed by atoms with Crippen LogP contribution in [0.4, 0.5) is 0 Å². The second-order valence-corrected chi connectivity index (χ2v) is 4.86. The highest BCUT2D eigenvalue weighted by Crippen LogP contribution is 2.33. The summed E-state index contributed by atoms with van der Waals surface area (Å²) in [5.41, 5.74) is -0.567. The Morgan fingerprint density at radius 2 is 1.75 bits per heavy atom. The summed E-state index contributed by atoms with van der Waals surface area (Å²) < 4.78 is 0. The Kier molecular flexibility index (Phi) is 2.56. The molecule has 2 aromatic rings. The van der Waals surface area contributed by atoms with Gasteiger partial charge in [-0.1, -0.05) is 17.7 Å². The molecule has 2 nitrogen and oxygen atoms in total. The highest BCUT2D eigenvalue weighted by molar-refractivity contribution is 6.31. The van der Waals surface area contributed by atoms with Crippen molar-refractivity contribution in [3.05, 3.63) is 40.9 Å². The Morgan fingerprint density at radius 1 is 1.06 bits per heavy atom. The van der Waals surface area contributed by atoms with Crippen LogP contribution in [-0.2, 0) is 5.60 Å². The van der Waals surface area contributed by atoms with E-state index in [4.69, 9.17) is 11.6 Å². The first-order valence-electron chi connectivity index (χ1n) is 5.03. The van der Waals surface area contributed by atoms with E-state index in [1.807, 2.05) is 12.1 Å². The van der Waals surface area contributed by atoms with Crippen molar-refractivity contribution in [2.45, 2.75) is 19.4 Å². The predicted molar refractivity (Wildman–Crippen MR) is 65.9 cm³/mol. The van der Waals surface area contributed by atoms with Gasteiger partial charge in [0.25, 0.3) is 0 Å². The number of hydrogen-bond acceptors (Lipinski definition) is 2. The van der Waals surface area contributed by atoms with Gasteiger partial charge < -0.3 is 10.2 Å². The number of aliphatic hydroxyl groups is 1. The van der Waals surface area contributed by atoms with Crippen molar-refractivity contribution in [2.24, 2.45) is 0 Å². The first-order valence-corrected chi connectivity index (χ1v) is 5.41. The van der Waals surface area contributed by atoms with Crippen molar-refractivity contribution < 1.29 is 10.2 Å². The zero-order chi connectivity index (χ0) is 11.9. The molecule has 0 aliphatic heterocycles. The normalized spacial score (nSPS) is 12.0. The second kappa shape index (κ2) is 3.65. The van der Waals surface area contributed by atoms with E-state index in [9.17, 15) is 10.2 Å². The lowest BCUT2D eigenvalue weighted by Gasteiger charge is -2.19. The molecule has 84 valence electrons. The molecule has 0 saturated carbocycles. The van der Waals surface area contributed by atoms with Crippen LogP contribution < -0.4 is 0 Å². The first-order chi connectivity index (χ1) is 7.38. The van der Waals surface area contributed by atoms with Crippen LogP contribution >= 0.6 is 11.6 Å². The summed E-state index contributed by atoms with van der Waals surface area (Å²) in [6, 6.07) is 8.82. The SMILES string of the molecule is CC(C)(O)c1cc2cc(Cl)ccc2cc1O. The fourth-order valence-corrected chi connectivity index (χ4v) is 1.93. The number of aromatic hydroxyl groups is 1. The Hall–Kier alpha value is -1.25. The minimum absolute atomic E-state index is 0.0994. The van der Waals surface area contributed by atoms with E-state index in [1.165, 1.54) is 0 Å². The van der Waals surface area contributed by atoms with Crippen LogP contribution in [0.15, 0.2) is 30.3 Å². The molecule has 16 heavy (non-hydrogen) atoms. The van der Waals surface area contributed by atoms with E-state index in [2.05, 4.69) is 0 Å². The number of phenols is 1. The molecular formula is C13H13ClO2. The zero-order valence-corrected chi connectivity index (χ0v) is 9.92. The standard InChI is InChI=1S/C13H13ClO2/c1-13(2,16)11-6-9-5-10(14)4-3-8(9)7-12(11)15/h3-7,15-16H,1-2H3. The first kappa shape index (κ1) is 11.2. The van der Waals surface area contributed by atoms with E-state index < -0.39 is 5.60 Å². The van der Waals surface area contributed by atoms with E-state index >= 15 is 0 Å². The molecule has 0 aromatic heterocycles. The van der Waals surface area contributed by atoms with E-state index in [0.29, 0.717) is 10.6 Å². The van der Waals surface area contributed by atoms with Crippen LogP contribution in [0, 0.1) is 0 Å².